The summed E-state index contributed by atoms with van der Waals surface area (Å²) in [6, 6.07) is 3.80. The van der Waals surface area contributed by atoms with Crippen LogP contribution in [-0.4, -0.2) is 12.1 Å². The zero-order chi connectivity index (χ0) is 12.4. The van der Waals surface area contributed by atoms with Crippen LogP contribution in [0.2, 0.25) is 5.02 Å². The van der Waals surface area contributed by atoms with Crippen LogP contribution in [-0.2, 0) is 6.54 Å². The zero-order valence-corrected chi connectivity index (χ0v) is 11.2. The van der Waals surface area contributed by atoms with Gasteiger partial charge in [-0.2, -0.15) is 0 Å². The average Bonchev–Trinajstić information content (AvgIpc) is 2.80. The molecule has 1 aromatic carbocycles. The SMILES string of the molecule is COc1cc(C)c(-c2nc(CN)cs2)cc1Cl. The molecule has 0 aliphatic heterocycles. The first-order valence-electron chi connectivity index (χ1n) is 5.14. The largest absolute Gasteiger partial charge is 0.495 e. The van der Waals surface area contributed by atoms with Crippen LogP contribution in [0.4, 0.5) is 0 Å². The Kier molecular flexibility index (Phi) is 3.66. The summed E-state index contributed by atoms with van der Waals surface area (Å²) in [5, 5.41) is 3.50. The van der Waals surface area contributed by atoms with Gasteiger partial charge in [0.25, 0.3) is 0 Å². The van der Waals surface area contributed by atoms with Crippen LogP contribution in [0, 0.1) is 6.92 Å². The van der Waals surface area contributed by atoms with E-state index in [4.69, 9.17) is 22.1 Å². The molecular weight excluding hydrogens is 256 g/mol. The van der Waals surface area contributed by atoms with Gasteiger partial charge in [0.2, 0.25) is 0 Å². The fourth-order valence-corrected chi connectivity index (χ4v) is 2.72. The van der Waals surface area contributed by atoms with E-state index in [2.05, 4.69) is 4.98 Å². The molecule has 0 bridgehead atoms. The molecular formula is C12H13ClN2OS. The topological polar surface area (TPSA) is 48.1 Å². The number of nitrogens with zero attached hydrogens (tertiary/aromatic N) is 1. The Hall–Kier alpha value is -1.10. The maximum absolute atomic E-state index is 6.12. The van der Waals surface area contributed by atoms with Crippen LogP contribution < -0.4 is 10.5 Å². The Balaban J connectivity index is 2.48. The number of rotatable bonds is 3. The molecule has 0 aliphatic rings. The van der Waals surface area contributed by atoms with Crippen LogP contribution >= 0.6 is 22.9 Å². The summed E-state index contributed by atoms with van der Waals surface area (Å²) in [7, 11) is 1.61. The van der Waals surface area contributed by atoms with Gasteiger partial charge in [0.15, 0.2) is 0 Å². The normalized spacial score (nSPS) is 10.6. The van der Waals surface area contributed by atoms with E-state index >= 15 is 0 Å². The lowest BCUT2D eigenvalue weighted by atomic mass is 10.1. The predicted octanol–water partition coefficient (Wildman–Crippen LogP) is 3.24. The second-order valence-corrected chi connectivity index (χ2v) is 4.92. The van der Waals surface area contributed by atoms with E-state index in [1.165, 1.54) is 0 Å². The molecule has 90 valence electrons. The third kappa shape index (κ3) is 2.44. The molecule has 0 amide bonds. The number of nitrogens with two attached hydrogens (primary N) is 1. The first kappa shape index (κ1) is 12.4. The fraction of sp³-hybridized carbons (Fsp3) is 0.250. The number of hydrogen-bond acceptors (Lipinski definition) is 4. The molecule has 3 nitrogen and oxygen atoms in total. The van der Waals surface area contributed by atoms with Crippen LogP contribution in [0.3, 0.4) is 0 Å². The molecule has 5 heteroatoms. The summed E-state index contributed by atoms with van der Waals surface area (Å²) in [6.07, 6.45) is 0. The van der Waals surface area contributed by atoms with Gasteiger partial charge in [0, 0.05) is 17.5 Å². The van der Waals surface area contributed by atoms with Crippen LogP contribution in [0.25, 0.3) is 10.6 Å². The highest BCUT2D eigenvalue weighted by Gasteiger charge is 2.11. The quantitative estimate of drug-likeness (QED) is 0.930. The molecule has 2 rings (SSSR count). The van der Waals surface area contributed by atoms with Crippen molar-refractivity contribution in [3.8, 4) is 16.3 Å². The maximum Gasteiger partial charge on any atom is 0.137 e. The monoisotopic (exact) mass is 268 g/mol. The van der Waals surface area contributed by atoms with Gasteiger partial charge in [0.1, 0.15) is 10.8 Å². The summed E-state index contributed by atoms with van der Waals surface area (Å²) in [6.45, 7) is 2.47. The molecule has 0 spiro atoms. The molecule has 17 heavy (non-hydrogen) atoms. The van der Waals surface area contributed by atoms with Crippen LogP contribution in [0.5, 0.6) is 5.75 Å². The summed E-state index contributed by atoms with van der Waals surface area (Å²) in [5.41, 5.74) is 8.57. The van der Waals surface area contributed by atoms with Crippen molar-refractivity contribution in [3.63, 3.8) is 0 Å². The van der Waals surface area contributed by atoms with Crippen LogP contribution in [0.1, 0.15) is 11.3 Å². The Bertz CT molecular complexity index is 539. The van der Waals surface area contributed by atoms with Gasteiger partial charge in [-0.1, -0.05) is 11.6 Å². The zero-order valence-electron chi connectivity index (χ0n) is 9.66. The minimum atomic E-state index is 0.458. The first-order chi connectivity index (χ1) is 8.15. The van der Waals surface area contributed by atoms with Crippen LogP contribution in [0.15, 0.2) is 17.5 Å². The number of benzene rings is 1. The number of aromatic nitrogens is 1. The lowest BCUT2D eigenvalue weighted by molar-refractivity contribution is 0.415. The Morgan fingerprint density at radius 2 is 2.24 bits per heavy atom. The molecule has 0 radical (unpaired) electrons. The lowest BCUT2D eigenvalue weighted by Crippen LogP contribution is -1.96. The molecule has 1 heterocycles. The van der Waals surface area contributed by atoms with Gasteiger partial charge < -0.3 is 10.5 Å². The third-order valence-electron chi connectivity index (χ3n) is 2.49. The van der Waals surface area contributed by atoms with E-state index in [1.54, 1.807) is 18.4 Å². The minimum Gasteiger partial charge on any atom is -0.495 e. The summed E-state index contributed by atoms with van der Waals surface area (Å²) in [4.78, 5) is 4.45. The fourth-order valence-electron chi connectivity index (χ4n) is 1.57. The van der Waals surface area contributed by atoms with E-state index in [0.717, 1.165) is 21.8 Å². The summed E-state index contributed by atoms with van der Waals surface area (Å²) < 4.78 is 5.17. The van der Waals surface area contributed by atoms with E-state index < -0.39 is 0 Å². The molecule has 2 N–H and O–H groups in total. The van der Waals surface area contributed by atoms with Gasteiger partial charge in [-0.25, -0.2) is 4.98 Å². The van der Waals surface area contributed by atoms with Crippen molar-refractivity contribution < 1.29 is 4.74 Å². The van der Waals surface area contributed by atoms with Crippen molar-refractivity contribution in [1.82, 2.24) is 4.98 Å². The number of ether oxygens (including phenoxy) is 1. The highest BCUT2D eigenvalue weighted by Crippen LogP contribution is 2.34. The van der Waals surface area contributed by atoms with Crippen molar-refractivity contribution in [1.29, 1.82) is 0 Å². The number of thiazole rings is 1. The van der Waals surface area contributed by atoms with Crippen molar-refractivity contribution in [2.45, 2.75) is 13.5 Å². The minimum absolute atomic E-state index is 0.458. The van der Waals surface area contributed by atoms with Crippen molar-refractivity contribution in [3.05, 3.63) is 33.8 Å². The van der Waals surface area contributed by atoms with E-state index in [0.29, 0.717) is 17.3 Å². The molecule has 2 aromatic rings. The Morgan fingerprint density at radius 1 is 1.47 bits per heavy atom. The maximum atomic E-state index is 6.12. The van der Waals surface area contributed by atoms with Crippen molar-refractivity contribution in [2.75, 3.05) is 7.11 Å². The molecule has 0 saturated carbocycles. The lowest BCUT2D eigenvalue weighted by Gasteiger charge is -2.08. The van der Waals surface area contributed by atoms with Gasteiger partial charge >= 0.3 is 0 Å². The third-order valence-corrected chi connectivity index (χ3v) is 3.71. The predicted molar refractivity (Wildman–Crippen MR) is 71.7 cm³/mol. The van der Waals surface area contributed by atoms with Gasteiger partial charge in [-0.3, -0.25) is 0 Å². The molecule has 0 atom stereocenters. The highest BCUT2D eigenvalue weighted by molar-refractivity contribution is 7.13. The molecule has 0 fully saturated rings. The molecule has 0 saturated heterocycles. The van der Waals surface area contributed by atoms with Gasteiger partial charge in [-0.15, -0.1) is 11.3 Å². The second-order valence-electron chi connectivity index (χ2n) is 3.65. The molecule has 1 aromatic heterocycles. The number of methoxy groups -OCH3 is 1. The molecule has 0 unspecified atom stereocenters. The van der Waals surface area contributed by atoms with Gasteiger partial charge in [-0.05, 0) is 24.6 Å². The summed E-state index contributed by atoms with van der Waals surface area (Å²) in [5.74, 6) is 0.684. The highest BCUT2D eigenvalue weighted by atomic mass is 35.5. The Morgan fingerprint density at radius 3 is 2.82 bits per heavy atom. The standard InChI is InChI=1S/C12H13ClN2OS/c1-7-3-11(16-2)10(13)4-9(7)12-15-8(5-14)6-17-12/h3-4,6H,5,14H2,1-2H3. The number of aryl methyl sites for hydroxylation is 1. The van der Waals surface area contributed by atoms with E-state index in [-0.39, 0.29) is 0 Å². The van der Waals surface area contributed by atoms with Crippen molar-refractivity contribution in [2.24, 2.45) is 5.73 Å². The van der Waals surface area contributed by atoms with E-state index in [9.17, 15) is 0 Å². The summed E-state index contributed by atoms with van der Waals surface area (Å²) >= 11 is 7.69. The number of halogens is 1. The van der Waals surface area contributed by atoms with Crippen molar-refractivity contribution >= 4 is 22.9 Å². The van der Waals surface area contributed by atoms with E-state index in [1.807, 2.05) is 24.4 Å². The van der Waals surface area contributed by atoms with Gasteiger partial charge in [0.05, 0.1) is 17.8 Å². The number of hydrogen-bond donors (Lipinski definition) is 1. The smallest absolute Gasteiger partial charge is 0.137 e. The average molecular weight is 269 g/mol. The molecule has 0 aliphatic carbocycles. The second kappa shape index (κ2) is 5.04. The first-order valence-corrected chi connectivity index (χ1v) is 6.40. The Labute approximate surface area is 109 Å².